The molecule has 2 saturated heterocycles. The molecule has 0 bridgehead atoms. The minimum atomic E-state index is -3.38. The molecule has 0 saturated carbocycles. The smallest absolute Gasteiger partial charge is 0.414 e. The Morgan fingerprint density at radius 2 is 1.93 bits per heavy atom. The van der Waals surface area contributed by atoms with Crippen molar-refractivity contribution in [1.82, 2.24) is 4.90 Å². The van der Waals surface area contributed by atoms with Crippen molar-refractivity contribution >= 4 is 51.3 Å². The summed E-state index contributed by atoms with van der Waals surface area (Å²) in [4.78, 5) is 28.5. The first kappa shape index (κ1) is 24.0. The van der Waals surface area contributed by atoms with Crippen molar-refractivity contribution in [3.05, 3.63) is 24.0 Å². The van der Waals surface area contributed by atoms with Gasteiger partial charge >= 0.3 is 6.09 Å². The molecule has 0 radical (unpaired) electrons. The molecule has 30 heavy (non-hydrogen) atoms. The van der Waals surface area contributed by atoms with Gasteiger partial charge in [0, 0.05) is 39.0 Å². The highest BCUT2D eigenvalue weighted by molar-refractivity contribution is 7.91. The van der Waals surface area contributed by atoms with E-state index in [9.17, 15) is 22.4 Å². The number of carbonyl (C=O) groups excluding carboxylic acids is 2. The summed E-state index contributed by atoms with van der Waals surface area (Å²) in [5.74, 6) is 1.38. The molecule has 3 rings (SSSR count). The van der Waals surface area contributed by atoms with E-state index in [2.05, 4.69) is 18.1 Å². The average Bonchev–Trinajstić information content (AvgIpc) is 3.09. The molecule has 2 aliphatic heterocycles. The van der Waals surface area contributed by atoms with Crippen LogP contribution in [0.25, 0.3) is 0 Å². The number of piperazine rings is 1. The molecular weight excluding hydrogens is 435 g/mol. The lowest BCUT2D eigenvalue weighted by Crippen LogP contribution is -2.50. The number of anilines is 2. The SMILES string of the molecule is C=S.CS(=O)(=O)CC(=O)N1CCN(c2ccc(N3C[C@H](CN)OC3=O)cc2F)CC1. The molecule has 9 nitrogen and oxygen atoms in total. The maximum Gasteiger partial charge on any atom is 0.414 e. The number of carbonyl (C=O) groups is 2. The molecule has 0 aliphatic carbocycles. The molecule has 0 spiro atoms. The fourth-order valence-corrected chi connectivity index (χ4v) is 3.92. The largest absolute Gasteiger partial charge is 0.443 e. The van der Waals surface area contributed by atoms with Gasteiger partial charge < -0.3 is 20.3 Å². The van der Waals surface area contributed by atoms with Crippen molar-refractivity contribution in [2.45, 2.75) is 6.10 Å². The molecule has 0 unspecified atom stereocenters. The van der Waals surface area contributed by atoms with Gasteiger partial charge in [-0.05, 0) is 24.1 Å². The van der Waals surface area contributed by atoms with Crippen molar-refractivity contribution in [2.24, 2.45) is 5.73 Å². The summed E-state index contributed by atoms with van der Waals surface area (Å²) >= 11 is 3.83. The first-order valence-electron chi connectivity index (χ1n) is 9.15. The van der Waals surface area contributed by atoms with Gasteiger partial charge in [0.25, 0.3) is 0 Å². The van der Waals surface area contributed by atoms with Crippen LogP contribution in [0.4, 0.5) is 20.6 Å². The maximum atomic E-state index is 14.7. The van der Waals surface area contributed by atoms with Gasteiger partial charge in [-0.25, -0.2) is 17.6 Å². The van der Waals surface area contributed by atoms with Crippen molar-refractivity contribution in [1.29, 1.82) is 0 Å². The molecule has 0 aromatic heterocycles. The van der Waals surface area contributed by atoms with Crippen LogP contribution in [0.15, 0.2) is 18.2 Å². The molecule has 12 heteroatoms. The summed E-state index contributed by atoms with van der Waals surface area (Å²) in [6.45, 7) is 1.86. The van der Waals surface area contributed by atoms with Crippen molar-refractivity contribution in [2.75, 3.05) is 61.1 Å². The van der Waals surface area contributed by atoms with E-state index in [0.717, 1.165) is 6.26 Å². The molecule has 2 fully saturated rings. The van der Waals surface area contributed by atoms with Crippen molar-refractivity contribution in [3.63, 3.8) is 0 Å². The van der Waals surface area contributed by atoms with Gasteiger partial charge in [-0.1, -0.05) is 12.2 Å². The number of ether oxygens (including phenoxy) is 1. The number of hydrogen-bond donors (Lipinski definition) is 1. The Bertz CT molecular complexity index is 891. The first-order valence-corrected chi connectivity index (χ1v) is 11.8. The molecular formula is C18H25FN4O5S2. The second kappa shape index (κ2) is 10.1. The Kier molecular flexibility index (Phi) is 8.10. The minimum absolute atomic E-state index is 0.200. The lowest BCUT2D eigenvalue weighted by molar-refractivity contribution is -0.128. The highest BCUT2D eigenvalue weighted by atomic mass is 32.2. The number of hydrogen-bond acceptors (Lipinski definition) is 8. The number of sulfone groups is 1. The second-order valence-corrected chi connectivity index (χ2v) is 9.07. The fraction of sp³-hybridized carbons (Fsp3) is 0.500. The Balaban J connectivity index is 0.00000155. The van der Waals surface area contributed by atoms with Crippen LogP contribution in [0.1, 0.15) is 0 Å². The van der Waals surface area contributed by atoms with Crippen LogP contribution in [0, 0.1) is 5.82 Å². The number of nitrogens with zero attached hydrogens (tertiary/aromatic N) is 3. The van der Waals surface area contributed by atoms with Crippen LogP contribution in [-0.4, -0.2) is 88.6 Å². The number of benzene rings is 1. The van der Waals surface area contributed by atoms with E-state index in [1.807, 2.05) is 0 Å². The van der Waals surface area contributed by atoms with E-state index in [1.54, 1.807) is 17.0 Å². The van der Waals surface area contributed by atoms with E-state index >= 15 is 0 Å². The van der Waals surface area contributed by atoms with E-state index < -0.39 is 39.5 Å². The monoisotopic (exact) mass is 460 g/mol. The zero-order valence-electron chi connectivity index (χ0n) is 16.6. The summed E-state index contributed by atoms with van der Waals surface area (Å²) in [6, 6.07) is 4.50. The number of nitrogens with two attached hydrogens (primary N) is 1. The fourth-order valence-electron chi connectivity index (χ4n) is 3.29. The summed E-state index contributed by atoms with van der Waals surface area (Å²) in [5.41, 5.74) is 6.26. The normalized spacial score (nSPS) is 19.2. The summed E-state index contributed by atoms with van der Waals surface area (Å²) in [5, 5.41) is 0. The van der Waals surface area contributed by atoms with Crippen LogP contribution in [0.5, 0.6) is 0 Å². The topological polar surface area (TPSA) is 113 Å². The van der Waals surface area contributed by atoms with E-state index in [-0.39, 0.29) is 13.1 Å². The zero-order valence-corrected chi connectivity index (χ0v) is 18.3. The summed E-state index contributed by atoms with van der Waals surface area (Å²) < 4.78 is 42.3. The predicted molar refractivity (Wildman–Crippen MR) is 116 cm³/mol. The first-order chi connectivity index (χ1) is 14.2. The standard InChI is InChI=1S/C17H23FN4O5S.CH2S/c1-28(25,26)11-16(23)21-6-4-20(5-7-21)15-3-2-12(8-14(15)18)22-10-13(9-19)27-17(22)24;1-2/h2-3,8,13H,4-7,9-11,19H2,1H3;1H2/t13-;/m0./s1. The number of thiocarbonyl (C=S) groups is 1. The Hall–Kier alpha value is -2.31. The van der Waals surface area contributed by atoms with Gasteiger partial charge in [-0.2, -0.15) is 0 Å². The molecule has 2 aliphatic rings. The molecule has 2 amide bonds. The molecule has 166 valence electrons. The number of cyclic esters (lactones) is 1. The van der Waals surface area contributed by atoms with Gasteiger partial charge in [-0.3, -0.25) is 9.69 Å². The average molecular weight is 461 g/mol. The summed E-state index contributed by atoms with van der Waals surface area (Å²) in [7, 11) is -3.38. The lowest BCUT2D eigenvalue weighted by atomic mass is 10.2. The van der Waals surface area contributed by atoms with Crippen LogP contribution >= 0.6 is 12.2 Å². The van der Waals surface area contributed by atoms with Crippen LogP contribution in [0.3, 0.4) is 0 Å². The van der Waals surface area contributed by atoms with Gasteiger partial charge in [0.1, 0.15) is 17.7 Å². The molecule has 1 atom stereocenters. The third-order valence-electron chi connectivity index (χ3n) is 4.74. The number of amides is 2. The van der Waals surface area contributed by atoms with Gasteiger partial charge in [-0.15, -0.1) is 0 Å². The highest BCUT2D eigenvalue weighted by Crippen LogP contribution is 2.28. The van der Waals surface area contributed by atoms with E-state index in [1.165, 1.54) is 15.9 Å². The Morgan fingerprint density at radius 1 is 1.30 bits per heavy atom. The highest BCUT2D eigenvalue weighted by Gasteiger charge is 2.32. The number of rotatable bonds is 5. The maximum absolute atomic E-state index is 14.7. The molecule has 2 N–H and O–H groups in total. The zero-order chi connectivity index (χ0) is 22.5. The third-order valence-corrected chi connectivity index (χ3v) is 5.51. The Morgan fingerprint density at radius 3 is 2.43 bits per heavy atom. The van der Waals surface area contributed by atoms with E-state index in [0.29, 0.717) is 37.6 Å². The van der Waals surface area contributed by atoms with Gasteiger partial charge in [0.2, 0.25) is 5.91 Å². The second-order valence-electron chi connectivity index (χ2n) is 6.93. The summed E-state index contributed by atoms with van der Waals surface area (Å²) in [6.07, 6.45) is 0.0534. The van der Waals surface area contributed by atoms with Crippen molar-refractivity contribution < 1.29 is 27.1 Å². The number of halogens is 1. The minimum Gasteiger partial charge on any atom is -0.443 e. The Labute approximate surface area is 180 Å². The van der Waals surface area contributed by atoms with Crippen LogP contribution in [-0.2, 0) is 19.4 Å². The molecule has 1 aromatic carbocycles. The molecule has 2 heterocycles. The van der Waals surface area contributed by atoms with Gasteiger partial charge in [0.15, 0.2) is 9.84 Å². The third kappa shape index (κ3) is 5.86. The van der Waals surface area contributed by atoms with Crippen molar-refractivity contribution in [3.8, 4) is 0 Å². The van der Waals surface area contributed by atoms with Gasteiger partial charge in [0.05, 0.1) is 17.9 Å². The van der Waals surface area contributed by atoms with Crippen LogP contribution < -0.4 is 15.5 Å². The molecule has 1 aromatic rings. The lowest BCUT2D eigenvalue weighted by Gasteiger charge is -2.36. The quantitative estimate of drug-likeness (QED) is 0.629. The predicted octanol–water partition coefficient (Wildman–Crippen LogP) is 0.419. The van der Waals surface area contributed by atoms with E-state index in [4.69, 9.17) is 10.5 Å². The van der Waals surface area contributed by atoms with Crippen LogP contribution in [0.2, 0.25) is 0 Å².